The van der Waals surface area contributed by atoms with Crippen molar-refractivity contribution in [2.45, 2.75) is 38.6 Å². The first-order valence-electron chi connectivity index (χ1n) is 6.55. The van der Waals surface area contributed by atoms with Crippen LogP contribution in [0, 0.1) is 0 Å². The molecule has 7 heteroatoms. The van der Waals surface area contributed by atoms with Crippen LogP contribution in [0.5, 0.6) is 0 Å². The minimum Gasteiger partial charge on any atom is -0.480 e. The lowest BCUT2D eigenvalue weighted by Gasteiger charge is -2.20. The second kappa shape index (κ2) is 7.60. The van der Waals surface area contributed by atoms with E-state index in [1.165, 1.54) is 6.92 Å². The number of carbonyl (C=O) groups excluding carboxylic acids is 2. The van der Waals surface area contributed by atoms with E-state index in [1.807, 2.05) is 0 Å². The summed E-state index contributed by atoms with van der Waals surface area (Å²) in [5.74, 6) is -1.24. The van der Waals surface area contributed by atoms with Crippen molar-refractivity contribution in [3.63, 3.8) is 0 Å². The standard InChI is InChI=1S/C12H21N3O4/c1-9(11(17)18)14-12(19)13-8-10(16)15-6-4-2-3-5-7-15/h9H,2-8H2,1H3,(H,17,18)(H2,13,14,19). The van der Waals surface area contributed by atoms with E-state index in [0.29, 0.717) is 0 Å². The van der Waals surface area contributed by atoms with E-state index >= 15 is 0 Å². The van der Waals surface area contributed by atoms with Crippen LogP contribution in [0.25, 0.3) is 0 Å². The molecule has 1 saturated heterocycles. The number of likely N-dealkylation sites (tertiary alicyclic amines) is 1. The number of amides is 3. The molecule has 0 bridgehead atoms. The Kier molecular flexibility index (Phi) is 6.11. The van der Waals surface area contributed by atoms with E-state index in [4.69, 9.17) is 5.11 Å². The minimum absolute atomic E-state index is 0.0990. The van der Waals surface area contributed by atoms with Crippen LogP contribution in [-0.4, -0.2) is 53.6 Å². The fraction of sp³-hybridized carbons (Fsp3) is 0.750. The van der Waals surface area contributed by atoms with Crippen molar-refractivity contribution in [3.05, 3.63) is 0 Å². The summed E-state index contributed by atoms with van der Waals surface area (Å²) >= 11 is 0. The first kappa shape index (κ1) is 15.3. The van der Waals surface area contributed by atoms with Crippen LogP contribution >= 0.6 is 0 Å². The number of urea groups is 1. The van der Waals surface area contributed by atoms with Crippen molar-refractivity contribution < 1.29 is 19.5 Å². The zero-order valence-corrected chi connectivity index (χ0v) is 11.1. The highest BCUT2D eigenvalue weighted by atomic mass is 16.4. The van der Waals surface area contributed by atoms with E-state index in [9.17, 15) is 14.4 Å². The fourth-order valence-corrected chi connectivity index (χ4v) is 1.90. The Balaban J connectivity index is 2.28. The lowest BCUT2D eigenvalue weighted by molar-refractivity contribution is -0.138. The van der Waals surface area contributed by atoms with Crippen molar-refractivity contribution in [3.8, 4) is 0 Å². The highest BCUT2D eigenvalue weighted by Gasteiger charge is 2.17. The fourth-order valence-electron chi connectivity index (χ4n) is 1.90. The van der Waals surface area contributed by atoms with E-state index in [1.54, 1.807) is 4.90 Å². The number of hydrogen-bond donors (Lipinski definition) is 3. The summed E-state index contributed by atoms with van der Waals surface area (Å²) in [4.78, 5) is 35.5. The molecule has 3 amide bonds. The molecular formula is C12H21N3O4. The Hall–Kier alpha value is -1.79. The summed E-state index contributed by atoms with van der Waals surface area (Å²) in [6, 6.07) is -1.62. The van der Waals surface area contributed by atoms with Gasteiger partial charge >= 0.3 is 12.0 Å². The summed E-state index contributed by atoms with van der Waals surface area (Å²) < 4.78 is 0. The Morgan fingerprint density at radius 1 is 1.16 bits per heavy atom. The number of nitrogens with one attached hydrogen (secondary N) is 2. The third kappa shape index (κ3) is 5.58. The normalized spacial score (nSPS) is 17.2. The number of carboxylic acid groups (broad SMARTS) is 1. The predicted molar refractivity (Wildman–Crippen MR) is 68.7 cm³/mol. The van der Waals surface area contributed by atoms with E-state index in [-0.39, 0.29) is 12.5 Å². The van der Waals surface area contributed by atoms with Crippen LogP contribution in [0.4, 0.5) is 4.79 Å². The number of hydrogen-bond acceptors (Lipinski definition) is 3. The number of carbonyl (C=O) groups is 3. The number of aliphatic carboxylic acids is 1. The van der Waals surface area contributed by atoms with E-state index in [0.717, 1.165) is 38.8 Å². The van der Waals surface area contributed by atoms with Crippen LogP contribution in [0.2, 0.25) is 0 Å². The van der Waals surface area contributed by atoms with Crippen molar-refractivity contribution in [1.29, 1.82) is 0 Å². The summed E-state index contributed by atoms with van der Waals surface area (Å²) in [6.07, 6.45) is 4.25. The first-order chi connectivity index (χ1) is 9.00. The van der Waals surface area contributed by atoms with Gasteiger partial charge in [0.2, 0.25) is 5.91 Å². The quantitative estimate of drug-likeness (QED) is 0.678. The van der Waals surface area contributed by atoms with Gasteiger partial charge in [0.1, 0.15) is 6.04 Å². The third-order valence-corrected chi connectivity index (χ3v) is 3.08. The van der Waals surface area contributed by atoms with Gasteiger partial charge in [-0.3, -0.25) is 9.59 Å². The molecule has 1 aliphatic heterocycles. The summed E-state index contributed by atoms with van der Waals surface area (Å²) in [5.41, 5.74) is 0. The molecule has 0 spiro atoms. The van der Waals surface area contributed by atoms with Gasteiger partial charge in [0.05, 0.1) is 6.54 Å². The van der Waals surface area contributed by atoms with Gasteiger partial charge in [-0.15, -0.1) is 0 Å². The van der Waals surface area contributed by atoms with Gasteiger partial charge < -0.3 is 20.6 Å². The van der Waals surface area contributed by atoms with E-state index < -0.39 is 18.0 Å². The van der Waals surface area contributed by atoms with Gasteiger partial charge in [-0.2, -0.15) is 0 Å². The van der Waals surface area contributed by atoms with E-state index in [2.05, 4.69) is 10.6 Å². The molecule has 1 aliphatic rings. The van der Waals surface area contributed by atoms with Gasteiger partial charge in [0.15, 0.2) is 0 Å². The van der Waals surface area contributed by atoms with Gasteiger partial charge in [-0.1, -0.05) is 12.8 Å². The van der Waals surface area contributed by atoms with Gasteiger partial charge in [0.25, 0.3) is 0 Å². The van der Waals surface area contributed by atoms with Crippen molar-refractivity contribution >= 4 is 17.9 Å². The maximum absolute atomic E-state index is 11.8. The molecule has 19 heavy (non-hydrogen) atoms. The predicted octanol–water partition coefficient (Wildman–Crippen LogP) is 0.161. The molecule has 3 N–H and O–H groups in total. The molecule has 1 atom stereocenters. The Bertz CT molecular complexity index is 338. The van der Waals surface area contributed by atoms with Crippen LogP contribution in [0.15, 0.2) is 0 Å². The summed E-state index contributed by atoms with van der Waals surface area (Å²) in [5, 5.41) is 13.2. The van der Waals surface area contributed by atoms with Gasteiger partial charge in [-0.05, 0) is 19.8 Å². The maximum Gasteiger partial charge on any atom is 0.325 e. The number of nitrogens with zero attached hydrogens (tertiary/aromatic N) is 1. The molecule has 0 radical (unpaired) electrons. The van der Waals surface area contributed by atoms with Crippen molar-refractivity contribution in [2.75, 3.05) is 19.6 Å². The minimum atomic E-state index is -1.12. The second-order valence-corrected chi connectivity index (χ2v) is 4.68. The molecule has 108 valence electrons. The van der Waals surface area contributed by atoms with Gasteiger partial charge in [-0.25, -0.2) is 4.79 Å². The molecule has 0 aromatic rings. The highest BCUT2D eigenvalue weighted by Crippen LogP contribution is 2.09. The molecule has 0 saturated carbocycles. The van der Waals surface area contributed by atoms with Gasteiger partial charge in [0, 0.05) is 13.1 Å². The monoisotopic (exact) mass is 271 g/mol. The molecule has 1 heterocycles. The Labute approximate surface area is 112 Å². The molecule has 0 aromatic carbocycles. The van der Waals surface area contributed by atoms with Crippen LogP contribution in [0.1, 0.15) is 32.6 Å². The lowest BCUT2D eigenvalue weighted by Crippen LogP contribution is -2.48. The molecule has 0 aliphatic carbocycles. The number of rotatable bonds is 4. The summed E-state index contributed by atoms with van der Waals surface area (Å²) in [6.45, 7) is 2.72. The zero-order chi connectivity index (χ0) is 14.3. The molecule has 7 nitrogen and oxygen atoms in total. The first-order valence-corrected chi connectivity index (χ1v) is 6.55. The Morgan fingerprint density at radius 2 is 1.74 bits per heavy atom. The summed E-state index contributed by atoms with van der Waals surface area (Å²) in [7, 11) is 0. The molecule has 1 fully saturated rings. The topological polar surface area (TPSA) is 98.7 Å². The van der Waals surface area contributed by atoms with Crippen molar-refractivity contribution in [2.24, 2.45) is 0 Å². The molecular weight excluding hydrogens is 250 g/mol. The number of carboxylic acids is 1. The average molecular weight is 271 g/mol. The SMILES string of the molecule is CC(NC(=O)NCC(=O)N1CCCCCC1)C(=O)O. The zero-order valence-electron chi connectivity index (χ0n) is 11.1. The third-order valence-electron chi connectivity index (χ3n) is 3.08. The Morgan fingerprint density at radius 3 is 2.26 bits per heavy atom. The molecule has 0 aromatic heterocycles. The smallest absolute Gasteiger partial charge is 0.325 e. The lowest BCUT2D eigenvalue weighted by atomic mass is 10.2. The van der Waals surface area contributed by atoms with Crippen molar-refractivity contribution in [1.82, 2.24) is 15.5 Å². The van der Waals surface area contributed by atoms with Crippen LogP contribution in [0.3, 0.4) is 0 Å². The maximum atomic E-state index is 11.8. The highest BCUT2D eigenvalue weighted by molar-refractivity contribution is 5.86. The second-order valence-electron chi connectivity index (χ2n) is 4.68. The largest absolute Gasteiger partial charge is 0.480 e. The van der Waals surface area contributed by atoms with Crippen LogP contribution < -0.4 is 10.6 Å². The molecule has 1 unspecified atom stereocenters. The van der Waals surface area contributed by atoms with Crippen LogP contribution in [-0.2, 0) is 9.59 Å². The molecule has 1 rings (SSSR count). The average Bonchev–Trinajstić information content (AvgIpc) is 2.64.